The maximum Gasteiger partial charge on any atom is 0.256 e. The van der Waals surface area contributed by atoms with Crippen molar-refractivity contribution in [3.8, 4) is 11.5 Å². The first kappa shape index (κ1) is 19.7. The van der Waals surface area contributed by atoms with Crippen molar-refractivity contribution in [2.24, 2.45) is 0 Å². The third-order valence-electron chi connectivity index (χ3n) is 4.60. The highest BCUT2D eigenvalue weighted by Gasteiger charge is 2.17. The maximum absolute atomic E-state index is 13.2. The Morgan fingerprint density at radius 3 is 2.57 bits per heavy atom. The molecule has 4 rings (SSSR count). The van der Waals surface area contributed by atoms with E-state index in [0.717, 1.165) is 0 Å². The molecule has 4 aromatic rings. The number of pyridine rings is 1. The van der Waals surface area contributed by atoms with Gasteiger partial charge in [-0.05, 0) is 42.5 Å². The second-order valence-corrected chi connectivity index (χ2v) is 7.31. The van der Waals surface area contributed by atoms with Crippen LogP contribution in [0.5, 0.6) is 0 Å². The molecule has 2 aromatic carbocycles. The Kier molecular flexibility index (Phi) is 5.25. The van der Waals surface area contributed by atoms with E-state index in [1.165, 1.54) is 4.90 Å². The fourth-order valence-corrected chi connectivity index (χ4v) is 3.28. The molecule has 2 amide bonds. The summed E-state index contributed by atoms with van der Waals surface area (Å²) < 4.78 is 5.45. The molecule has 2 heterocycles. The fourth-order valence-electron chi connectivity index (χ4n) is 3.12. The number of fused-ring (bicyclic) bond motifs is 1. The first-order valence-corrected chi connectivity index (χ1v) is 9.58. The lowest BCUT2D eigenvalue weighted by Gasteiger charge is -2.14. The minimum Gasteiger partial charge on any atom is -0.463 e. The number of carbonyl (C=O) groups excluding carboxylic acids is 2. The van der Waals surface area contributed by atoms with Crippen molar-refractivity contribution in [3.05, 3.63) is 83.1 Å². The number of carbonyl (C=O) groups is 2. The highest BCUT2D eigenvalue weighted by molar-refractivity contribution is 6.34. The summed E-state index contributed by atoms with van der Waals surface area (Å²) in [6, 6.07) is 17.4. The number of anilines is 1. The van der Waals surface area contributed by atoms with Gasteiger partial charge in [0.15, 0.2) is 5.76 Å². The zero-order valence-electron chi connectivity index (χ0n) is 16.3. The SMILES string of the molecule is CN(C)C(=O)c1ccc(Cl)c(NC(=O)c2cc(-c3ccco3)nc3ccccc23)c1. The van der Waals surface area contributed by atoms with Crippen LogP contribution in [0.2, 0.25) is 5.02 Å². The van der Waals surface area contributed by atoms with E-state index in [4.69, 9.17) is 16.0 Å². The third-order valence-corrected chi connectivity index (χ3v) is 4.93. The molecule has 6 nitrogen and oxygen atoms in total. The molecule has 150 valence electrons. The van der Waals surface area contributed by atoms with Gasteiger partial charge < -0.3 is 14.6 Å². The smallest absolute Gasteiger partial charge is 0.256 e. The van der Waals surface area contributed by atoms with Crippen LogP contribution in [0.25, 0.3) is 22.4 Å². The Morgan fingerprint density at radius 1 is 1.03 bits per heavy atom. The molecular formula is C23H18ClN3O3. The summed E-state index contributed by atoms with van der Waals surface area (Å²) in [6.45, 7) is 0. The first-order valence-electron chi connectivity index (χ1n) is 9.20. The molecule has 2 aromatic heterocycles. The number of hydrogen-bond donors (Lipinski definition) is 1. The minimum atomic E-state index is -0.363. The van der Waals surface area contributed by atoms with Crippen molar-refractivity contribution in [1.82, 2.24) is 9.88 Å². The first-order chi connectivity index (χ1) is 14.4. The van der Waals surface area contributed by atoms with E-state index in [1.54, 1.807) is 56.8 Å². The Labute approximate surface area is 178 Å². The Balaban J connectivity index is 1.75. The number of nitrogens with one attached hydrogen (secondary N) is 1. The summed E-state index contributed by atoms with van der Waals surface area (Å²) in [7, 11) is 3.32. The zero-order valence-corrected chi connectivity index (χ0v) is 17.1. The summed E-state index contributed by atoms with van der Waals surface area (Å²) in [5, 5.41) is 3.86. The number of hydrogen-bond acceptors (Lipinski definition) is 4. The monoisotopic (exact) mass is 419 g/mol. The van der Waals surface area contributed by atoms with Crippen LogP contribution in [0, 0.1) is 0 Å². The standard InChI is InChI=1S/C23H18ClN3O3/c1-27(2)23(29)14-9-10-17(24)19(12-14)26-22(28)16-13-20(21-8-5-11-30-21)25-18-7-4-3-6-15(16)18/h3-13H,1-2H3,(H,26,28). The van der Waals surface area contributed by atoms with Crippen LogP contribution in [0.15, 0.2) is 71.3 Å². The number of halogens is 1. The van der Waals surface area contributed by atoms with Crippen LogP contribution >= 0.6 is 11.6 Å². The third kappa shape index (κ3) is 3.77. The Hall–Kier alpha value is -3.64. The Morgan fingerprint density at radius 2 is 1.83 bits per heavy atom. The van der Waals surface area contributed by atoms with E-state index >= 15 is 0 Å². The molecular weight excluding hydrogens is 402 g/mol. The van der Waals surface area contributed by atoms with Crippen LogP contribution in [0.1, 0.15) is 20.7 Å². The maximum atomic E-state index is 13.2. The van der Waals surface area contributed by atoms with Crippen LogP contribution < -0.4 is 5.32 Å². The summed E-state index contributed by atoms with van der Waals surface area (Å²) in [5.41, 5.74) is 2.42. The second-order valence-electron chi connectivity index (χ2n) is 6.90. The van der Waals surface area contributed by atoms with Gasteiger partial charge in [0.2, 0.25) is 0 Å². The lowest BCUT2D eigenvalue weighted by molar-refractivity contribution is 0.0827. The largest absolute Gasteiger partial charge is 0.463 e. The van der Waals surface area contributed by atoms with Gasteiger partial charge >= 0.3 is 0 Å². The molecule has 1 N–H and O–H groups in total. The highest BCUT2D eigenvalue weighted by atomic mass is 35.5. The molecule has 0 fully saturated rings. The molecule has 0 aliphatic heterocycles. The van der Waals surface area contributed by atoms with Crippen molar-refractivity contribution in [1.29, 1.82) is 0 Å². The van der Waals surface area contributed by atoms with Crippen LogP contribution in [-0.4, -0.2) is 35.8 Å². The van der Waals surface area contributed by atoms with Crippen molar-refractivity contribution < 1.29 is 14.0 Å². The van der Waals surface area contributed by atoms with E-state index in [1.807, 2.05) is 24.3 Å². The van der Waals surface area contributed by atoms with Gasteiger partial charge in [0, 0.05) is 25.0 Å². The van der Waals surface area contributed by atoms with Gasteiger partial charge in [-0.3, -0.25) is 9.59 Å². The van der Waals surface area contributed by atoms with Gasteiger partial charge in [0.05, 0.1) is 28.1 Å². The number of benzene rings is 2. The number of para-hydroxylation sites is 1. The summed E-state index contributed by atoms with van der Waals surface area (Å²) >= 11 is 6.28. The van der Waals surface area contributed by atoms with Crippen molar-refractivity contribution >= 4 is 40.0 Å². The highest BCUT2D eigenvalue weighted by Crippen LogP contribution is 2.28. The summed E-state index contributed by atoms with van der Waals surface area (Å²) in [6.07, 6.45) is 1.55. The van der Waals surface area contributed by atoms with Crippen LogP contribution in [0.4, 0.5) is 5.69 Å². The van der Waals surface area contributed by atoms with E-state index in [0.29, 0.717) is 44.2 Å². The zero-order chi connectivity index (χ0) is 21.3. The average molecular weight is 420 g/mol. The second kappa shape index (κ2) is 8.00. The van der Waals surface area contributed by atoms with E-state index in [9.17, 15) is 9.59 Å². The quantitative estimate of drug-likeness (QED) is 0.499. The topological polar surface area (TPSA) is 75.4 Å². The van der Waals surface area contributed by atoms with E-state index < -0.39 is 0 Å². The van der Waals surface area contributed by atoms with Gasteiger partial charge in [-0.2, -0.15) is 0 Å². The van der Waals surface area contributed by atoms with Gasteiger partial charge in [-0.1, -0.05) is 29.8 Å². The molecule has 0 saturated carbocycles. The average Bonchev–Trinajstić information content (AvgIpc) is 3.29. The molecule has 0 aliphatic carbocycles. The van der Waals surface area contributed by atoms with E-state index in [-0.39, 0.29) is 11.8 Å². The van der Waals surface area contributed by atoms with E-state index in [2.05, 4.69) is 10.3 Å². The lowest BCUT2D eigenvalue weighted by Crippen LogP contribution is -2.22. The molecule has 0 unspecified atom stereocenters. The molecule has 0 bridgehead atoms. The molecule has 0 aliphatic rings. The number of nitrogens with zero attached hydrogens (tertiary/aromatic N) is 2. The number of furan rings is 1. The van der Waals surface area contributed by atoms with Gasteiger partial charge in [0.25, 0.3) is 11.8 Å². The Bertz CT molecular complexity index is 1250. The molecule has 0 atom stereocenters. The number of rotatable bonds is 4. The van der Waals surface area contributed by atoms with Gasteiger partial charge in [0.1, 0.15) is 5.69 Å². The number of aromatic nitrogens is 1. The predicted molar refractivity (Wildman–Crippen MR) is 117 cm³/mol. The molecule has 7 heteroatoms. The molecule has 0 spiro atoms. The lowest BCUT2D eigenvalue weighted by atomic mass is 10.1. The minimum absolute atomic E-state index is 0.184. The van der Waals surface area contributed by atoms with Crippen LogP contribution in [0.3, 0.4) is 0 Å². The molecule has 0 radical (unpaired) electrons. The molecule has 30 heavy (non-hydrogen) atoms. The molecule has 0 saturated heterocycles. The number of amides is 2. The summed E-state index contributed by atoms with van der Waals surface area (Å²) in [5.74, 6) is 0.0146. The van der Waals surface area contributed by atoms with Crippen molar-refractivity contribution in [2.45, 2.75) is 0 Å². The van der Waals surface area contributed by atoms with Crippen LogP contribution in [-0.2, 0) is 0 Å². The predicted octanol–water partition coefficient (Wildman–Crippen LogP) is 5.10. The van der Waals surface area contributed by atoms with Crippen molar-refractivity contribution in [3.63, 3.8) is 0 Å². The normalized spacial score (nSPS) is 10.8. The summed E-state index contributed by atoms with van der Waals surface area (Å²) in [4.78, 5) is 31.5. The van der Waals surface area contributed by atoms with Gasteiger partial charge in [-0.15, -0.1) is 0 Å². The van der Waals surface area contributed by atoms with Gasteiger partial charge in [-0.25, -0.2) is 4.98 Å². The fraction of sp³-hybridized carbons (Fsp3) is 0.0870. The van der Waals surface area contributed by atoms with Crippen molar-refractivity contribution in [2.75, 3.05) is 19.4 Å².